The highest BCUT2D eigenvalue weighted by Crippen LogP contribution is 2.25. The Morgan fingerprint density at radius 2 is 2.21 bits per heavy atom. The summed E-state index contributed by atoms with van der Waals surface area (Å²) in [5.41, 5.74) is 1.86. The van der Waals surface area contributed by atoms with Crippen molar-refractivity contribution in [2.45, 2.75) is 25.8 Å². The molecule has 0 atom stereocenters. The van der Waals surface area contributed by atoms with E-state index < -0.39 is 15.8 Å². The van der Waals surface area contributed by atoms with Gasteiger partial charge in [-0.2, -0.15) is 0 Å². The number of carbonyl (C=O) groups is 1. The molecule has 1 fully saturated rings. The third-order valence-corrected chi connectivity index (χ3v) is 5.40. The lowest BCUT2D eigenvalue weighted by molar-refractivity contribution is 0.0521. The summed E-state index contributed by atoms with van der Waals surface area (Å²) in [5, 5.41) is 3.85. The van der Waals surface area contributed by atoms with Crippen molar-refractivity contribution in [3.63, 3.8) is 0 Å². The predicted molar refractivity (Wildman–Crippen MR) is 73.4 cm³/mol. The van der Waals surface area contributed by atoms with E-state index in [0.717, 1.165) is 0 Å². The lowest BCUT2D eigenvalue weighted by Gasteiger charge is -2.23. The van der Waals surface area contributed by atoms with Crippen LogP contribution in [0.4, 0.5) is 5.00 Å². The summed E-state index contributed by atoms with van der Waals surface area (Å²) in [5.74, 6) is -0.0640. The molecule has 1 aliphatic heterocycles. The standard InChI is InChI=1S/C11H16N2O4S2/c1-2-17-11(14)9-10(18-7-12-9)13-8-3-5-19(15,16)6-4-8/h7-8,13H,2-6H2,1H3. The molecule has 1 aromatic rings. The van der Waals surface area contributed by atoms with Crippen molar-refractivity contribution in [3.8, 4) is 0 Å². The fourth-order valence-corrected chi connectivity index (χ4v) is 4.15. The van der Waals surface area contributed by atoms with Crippen LogP contribution in [0.1, 0.15) is 30.3 Å². The van der Waals surface area contributed by atoms with Crippen LogP contribution in [-0.2, 0) is 14.6 Å². The smallest absolute Gasteiger partial charge is 0.360 e. The van der Waals surface area contributed by atoms with E-state index in [4.69, 9.17) is 4.74 Å². The maximum Gasteiger partial charge on any atom is 0.360 e. The van der Waals surface area contributed by atoms with Crippen LogP contribution in [0.2, 0.25) is 0 Å². The van der Waals surface area contributed by atoms with Gasteiger partial charge in [0.25, 0.3) is 0 Å². The van der Waals surface area contributed by atoms with Crippen molar-refractivity contribution >= 4 is 32.1 Å². The second-order valence-electron chi connectivity index (χ2n) is 4.32. The minimum Gasteiger partial charge on any atom is -0.461 e. The maximum absolute atomic E-state index is 11.7. The first kappa shape index (κ1) is 14.3. The Bertz CT molecular complexity index is 539. The van der Waals surface area contributed by atoms with Gasteiger partial charge in [-0.3, -0.25) is 0 Å². The highest BCUT2D eigenvalue weighted by molar-refractivity contribution is 7.91. The summed E-state index contributed by atoms with van der Waals surface area (Å²) >= 11 is 1.32. The number of esters is 1. The van der Waals surface area contributed by atoms with Crippen molar-refractivity contribution < 1.29 is 17.9 Å². The molecule has 0 radical (unpaired) electrons. The minimum atomic E-state index is -2.87. The number of ether oxygens (including phenoxy) is 1. The number of carbonyl (C=O) groups excluding carboxylic acids is 1. The van der Waals surface area contributed by atoms with Crippen LogP contribution < -0.4 is 5.32 Å². The molecule has 8 heteroatoms. The average molecular weight is 304 g/mol. The largest absolute Gasteiger partial charge is 0.461 e. The zero-order valence-corrected chi connectivity index (χ0v) is 12.2. The number of anilines is 1. The Kier molecular flexibility index (Phi) is 4.41. The van der Waals surface area contributed by atoms with E-state index in [2.05, 4.69) is 10.3 Å². The van der Waals surface area contributed by atoms with E-state index in [1.807, 2.05) is 0 Å². The Morgan fingerprint density at radius 3 is 2.84 bits per heavy atom. The lowest BCUT2D eigenvalue weighted by Crippen LogP contribution is -2.32. The highest BCUT2D eigenvalue weighted by atomic mass is 32.2. The second-order valence-corrected chi connectivity index (χ2v) is 7.48. The number of aromatic nitrogens is 1. The van der Waals surface area contributed by atoms with E-state index in [0.29, 0.717) is 24.4 Å². The molecule has 2 rings (SSSR count). The van der Waals surface area contributed by atoms with Crippen LogP contribution in [-0.4, -0.2) is 43.5 Å². The topological polar surface area (TPSA) is 85.4 Å². The first-order valence-electron chi connectivity index (χ1n) is 6.09. The van der Waals surface area contributed by atoms with E-state index in [-0.39, 0.29) is 23.2 Å². The molecule has 0 unspecified atom stereocenters. The van der Waals surface area contributed by atoms with Crippen LogP contribution in [0.3, 0.4) is 0 Å². The van der Waals surface area contributed by atoms with E-state index in [1.165, 1.54) is 11.3 Å². The Balaban J connectivity index is 2.01. The van der Waals surface area contributed by atoms with Crippen molar-refractivity contribution in [2.75, 3.05) is 23.4 Å². The summed E-state index contributed by atoms with van der Waals surface area (Å²) < 4.78 is 27.6. The van der Waals surface area contributed by atoms with Crippen LogP contribution in [0.15, 0.2) is 5.51 Å². The minimum absolute atomic E-state index is 0.0668. The third kappa shape index (κ3) is 3.66. The van der Waals surface area contributed by atoms with Crippen LogP contribution in [0.5, 0.6) is 0 Å². The Labute approximate surface area is 116 Å². The Hall–Kier alpha value is -1.15. The summed E-state index contributed by atoms with van der Waals surface area (Å²) in [4.78, 5) is 15.6. The van der Waals surface area contributed by atoms with Crippen LogP contribution in [0, 0.1) is 0 Å². The van der Waals surface area contributed by atoms with Gasteiger partial charge in [-0.1, -0.05) is 0 Å². The maximum atomic E-state index is 11.7. The van der Waals surface area contributed by atoms with Crippen molar-refractivity contribution in [2.24, 2.45) is 0 Å². The molecule has 106 valence electrons. The molecular weight excluding hydrogens is 288 g/mol. The van der Waals surface area contributed by atoms with Crippen molar-refractivity contribution in [1.82, 2.24) is 4.98 Å². The van der Waals surface area contributed by atoms with Gasteiger partial charge in [0.05, 0.1) is 23.6 Å². The van der Waals surface area contributed by atoms with E-state index >= 15 is 0 Å². The quantitative estimate of drug-likeness (QED) is 0.844. The predicted octanol–water partition coefficient (Wildman–Crippen LogP) is 1.31. The molecule has 0 saturated carbocycles. The van der Waals surface area contributed by atoms with Crippen LogP contribution >= 0.6 is 11.3 Å². The van der Waals surface area contributed by atoms with Gasteiger partial charge in [-0.05, 0) is 19.8 Å². The summed E-state index contributed by atoms with van der Waals surface area (Å²) in [6, 6.07) is 0.0668. The zero-order valence-electron chi connectivity index (χ0n) is 10.6. The molecule has 2 heterocycles. The van der Waals surface area contributed by atoms with Gasteiger partial charge in [0.15, 0.2) is 5.69 Å². The fourth-order valence-electron chi connectivity index (χ4n) is 1.91. The molecule has 1 N–H and O–H groups in total. The van der Waals surface area contributed by atoms with Gasteiger partial charge in [-0.15, -0.1) is 11.3 Å². The number of sulfone groups is 1. The fraction of sp³-hybridized carbons (Fsp3) is 0.636. The molecule has 1 aromatic heterocycles. The molecule has 19 heavy (non-hydrogen) atoms. The number of hydrogen-bond donors (Lipinski definition) is 1. The SMILES string of the molecule is CCOC(=O)c1ncsc1NC1CCS(=O)(=O)CC1. The Morgan fingerprint density at radius 1 is 1.53 bits per heavy atom. The first-order chi connectivity index (χ1) is 9.02. The zero-order chi connectivity index (χ0) is 13.9. The number of nitrogens with zero attached hydrogens (tertiary/aromatic N) is 1. The third-order valence-electron chi connectivity index (χ3n) is 2.93. The molecule has 0 aromatic carbocycles. The van der Waals surface area contributed by atoms with Crippen LogP contribution in [0.25, 0.3) is 0 Å². The van der Waals surface area contributed by atoms with Gasteiger partial charge >= 0.3 is 5.97 Å². The van der Waals surface area contributed by atoms with E-state index in [1.54, 1.807) is 12.4 Å². The average Bonchev–Trinajstić information content (AvgIpc) is 2.80. The number of nitrogens with one attached hydrogen (secondary N) is 1. The van der Waals surface area contributed by atoms with Crippen molar-refractivity contribution in [3.05, 3.63) is 11.2 Å². The van der Waals surface area contributed by atoms with Crippen molar-refractivity contribution in [1.29, 1.82) is 0 Å². The molecular formula is C11H16N2O4S2. The molecule has 0 spiro atoms. The number of rotatable bonds is 4. The highest BCUT2D eigenvalue weighted by Gasteiger charge is 2.25. The van der Waals surface area contributed by atoms with E-state index in [9.17, 15) is 13.2 Å². The monoisotopic (exact) mass is 304 g/mol. The summed E-state index contributed by atoms with van der Waals surface area (Å²) in [6.45, 7) is 2.04. The lowest BCUT2D eigenvalue weighted by atomic mass is 10.1. The summed E-state index contributed by atoms with van der Waals surface area (Å²) in [6.07, 6.45) is 1.12. The van der Waals surface area contributed by atoms with Gasteiger partial charge in [-0.25, -0.2) is 18.2 Å². The van der Waals surface area contributed by atoms with Gasteiger partial charge in [0, 0.05) is 6.04 Å². The second kappa shape index (κ2) is 5.87. The molecule has 0 bridgehead atoms. The van der Waals surface area contributed by atoms with Gasteiger partial charge in [0.1, 0.15) is 14.8 Å². The molecule has 1 saturated heterocycles. The normalized spacial score (nSPS) is 19.0. The first-order valence-corrected chi connectivity index (χ1v) is 8.79. The number of thiazole rings is 1. The molecule has 0 amide bonds. The summed E-state index contributed by atoms with van der Waals surface area (Å²) in [7, 11) is -2.87. The van der Waals surface area contributed by atoms with Gasteiger partial charge in [0.2, 0.25) is 0 Å². The van der Waals surface area contributed by atoms with Gasteiger partial charge < -0.3 is 10.1 Å². The molecule has 1 aliphatic rings. The number of hydrogen-bond acceptors (Lipinski definition) is 7. The molecule has 6 nitrogen and oxygen atoms in total. The molecule has 0 aliphatic carbocycles.